The van der Waals surface area contributed by atoms with Crippen molar-refractivity contribution in [1.29, 1.82) is 0 Å². The number of nitrogens with one attached hydrogen (secondary N) is 1. The van der Waals surface area contributed by atoms with Crippen molar-refractivity contribution in [2.45, 2.75) is 16.7 Å². The van der Waals surface area contributed by atoms with Gasteiger partial charge < -0.3 is 4.74 Å². The van der Waals surface area contributed by atoms with Crippen molar-refractivity contribution in [3.8, 4) is 5.75 Å². The minimum atomic E-state index is -3.52. The highest BCUT2D eigenvalue weighted by Crippen LogP contribution is 2.21. The monoisotopic (exact) mass is 371 g/mol. The number of ether oxygens (including phenoxy) is 1. The van der Waals surface area contributed by atoms with Crippen molar-refractivity contribution in [1.82, 2.24) is 4.72 Å². The summed E-state index contributed by atoms with van der Waals surface area (Å²) in [6.07, 6.45) is 1.94. The quantitative estimate of drug-likeness (QED) is 0.595. The summed E-state index contributed by atoms with van der Waals surface area (Å²) in [6.45, 7) is 2.31. The summed E-state index contributed by atoms with van der Waals surface area (Å²) in [5.41, 5.74) is 0.966. The molecule has 0 unspecified atom stereocenters. The molecule has 0 fully saturated rings. The molecule has 7 heteroatoms. The number of aryl methyl sites for hydroxylation is 1. The third kappa shape index (κ3) is 5.14. The first-order valence-corrected chi connectivity index (χ1v) is 10.0. The second kappa shape index (κ2) is 8.06. The lowest BCUT2D eigenvalue weighted by Crippen LogP contribution is -2.28. The minimum absolute atomic E-state index is 0.179. The van der Waals surface area contributed by atoms with Crippen LogP contribution in [0.4, 0.5) is 0 Å². The molecule has 0 bridgehead atoms. The van der Waals surface area contributed by atoms with Crippen LogP contribution in [0.5, 0.6) is 5.75 Å². The van der Waals surface area contributed by atoms with Crippen molar-refractivity contribution in [3.05, 3.63) is 53.1 Å². The standard InChI is InChI=1S/C16H18ClNO3S2/c1-12-3-4-13(11-16(12)17)21-10-9-18-23(19,20)15-7-5-14(22-2)6-8-15/h3-8,11,18H,9-10H2,1-2H3. The zero-order valence-corrected chi connectivity index (χ0v) is 15.3. The lowest BCUT2D eigenvalue weighted by molar-refractivity contribution is 0.323. The van der Waals surface area contributed by atoms with Gasteiger partial charge in [-0.2, -0.15) is 0 Å². The summed E-state index contributed by atoms with van der Waals surface area (Å²) in [5, 5.41) is 0.622. The van der Waals surface area contributed by atoms with Gasteiger partial charge in [0.05, 0.1) is 4.90 Å². The fourth-order valence-electron chi connectivity index (χ4n) is 1.85. The van der Waals surface area contributed by atoms with E-state index in [1.54, 1.807) is 48.2 Å². The van der Waals surface area contributed by atoms with Crippen LogP contribution in [0.1, 0.15) is 5.56 Å². The first-order valence-electron chi connectivity index (χ1n) is 6.95. The first-order chi connectivity index (χ1) is 10.9. The first kappa shape index (κ1) is 18.1. The SMILES string of the molecule is CSc1ccc(S(=O)(=O)NCCOc2ccc(C)c(Cl)c2)cc1. The Kier molecular flexibility index (Phi) is 6.35. The van der Waals surface area contributed by atoms with E-state index in [1.165, 1.54) is 0 Å². The van der Waals surface area contributed by atoms with E-state index in [2.05, 4.69) is 4.72 Å². The van der Waals surface area contributed by atoms with Gasteiger partial charge in [0.25, 0.3) is 0 Å². The van der Waals surface area contributed by atoms with Gasteiger partial charge in [-0.1, -0.05) is 17.7 Å². The van der Waals surface area contributed by atoms with Gasteiger partial charge >= 0.3 is 0 Å². The van der Waals surface area contributed by atoms with Gasteiger partial charge in [-0.05, 0) is 55.1 Å². The molecule has 0 aliphatic carbocycles. The zero-order chi connectivity index (χ0) is 16.9. The summed E-state index contributed by atoms with van der Waals surface area (Å²) in [6, 6.07) is 12.1. The van der Waals surface area contributed by atoms with Crippen molar-refractivity contribution >= 4 is 33.4 Å². The summed E-state index contributed by atoms with van der Waals surface area (Å²) in [7, 11) is -3.52. The highest BCUT2D eigenvalue weighted by atomic mass is 35.5. The number of halogens is 1. The van der Waals surface area contributed by atoms with E-state index in [0.717, 1.165) is 10.5 Å². The number of hydrogen-bond acceptors (Lipinski definition) is 4. The smallest absolute Gasteiger partial charge is 0.240 e. The molecule has 2 rings (SSSR count). The van der Waals surface area contributed by atoms with Gasteiger partial charge in [-0.3, -0.25) is 0 Å². The number of rotatable bonds is 7. The lowest BCUT2D eigenvalue weighted by atomic mass is 10.2. The summed E-state index contributed by atoms with van der Waals surface area (Å²) in [4.78, 5) is 1.26. The Morgan fingerprint density at radius 2 is 1.87 bits per heavy atom. The predicted molar refractivity (Wildman–Crippen MR) is 95.1 cm³/mol. The van der Waals surface area contributed by atoms with Crippen LogP contribution in [-0.2, 0) is 10.0 Å². The fourth-order valence-corrected chi connectivity index (χ4v) is 3.44. The molecule has 0 saturated carbocycles. The molecule has 0 atom stereocenters. The van der Waals surface area contributed by atoms with E-state index in [-0.39, 0.29) is 18.0 Å². The summed E-state index contributed by atoms with van der Waals surface area (Å²) in [5.74, 6) is 0.615. The fraction of sp³-hybridized carbons (Fsp3) is 0.250. The summed E-state index contributed by atoms with van der Waals surface area (Å²) < 4.78 is 32.3. The Labute approximate surface area is 146 Å². The lowest BCUT2D eigenvalue weighted by Gasteiger charge is -2.09. The van der Waals surface area contributed by atoms with Gasteiger partial charge in [0, 0.05) is 16.5 Å². The highest BCUT2D eigenvalue weighted by molar-refractivity contribution is 7.98. The number of benzene rings is 2. The van der Waals surface area contributed by atoms with E-state index < -0.39 is 10.0 Å². The van der Waals surface area contributed by atoms with Crippen molar-refractivity contribution in [3.63, 3.8) is 0 Å². The van der Waals surface area contributed by atoms with E-state index in [1.807, 2.05) is 19.2 Å². The average Bonchev–Trinajstić information content (AvgIpc) is 2.55. The Balaban J connectivity index is 1.87. The molecule has 0 aliphatic rings. The third-order valence-electron chi connectivity index (χ3n) is 3.18. The molecule has 0 amide bonds. The molecule has 0 saturated heterocycles. The molecule has 124 valence electrons. The van der Waals surface area contributed by atoms with E-state index >= 15 is 0 Å². The maximum atomic E-state index is 12.1. The normalized spacial score (nSPS) is 11.4. The Hall–Kier alpha value is -1.21. The van der Waals surface area contributed by atoms with Crippen LogP contribution in [0, 0.1) is 6.92 Å². The van der Waals surface area contributed by atoms with Gasteiger partial charge in [0.1, 0.15) is 12.4 Å². The second-order valence-corrected chi connectivity index (χ2v) is 7.89. The topological polar surface area (TPSA) is 55.4 Å². The van der Waals surface area contributed by atoms with Crippen molar-refractivity contribution in [2.75, 3.05) is 19.4 Å². The second-order valence-electron chi connectivity index (χ2n) is 4.83. The third-order valence-corrected chi connectivity index (χ3v) is 5.80. The van der Waals surface area contributed by atoms with E-state index in [9.17, 15) is 8.42 Å². The van der Waals surface area contributed by atoms with Crippen LogP contribution in [0.15, 0.2) is 52.3 Å². The van der Waals surface area contributed by atoms with Crippen LogP contribution in [0.3, 0.4) is 0 Å². The van der Waals surface area contributed by atoms with Gasteiger partial charge in [-0.15, -0.1) is 11.8 Å². The average molecular weight is 372 g/mol. The van der Waals surface area contributed by atoms with E-state index in [4.69, 9.17) is 16.3 Å². The molecule has 0 heterocycles. The predicted octanol–water partition coefficient (Wildman–Crippen LogP) is 3.73. The largest absolute Gasteiger partial charge is 0.492 e. The molecule has 0 aromatic heterocycles. The maximum absolute atomic E-state index is 12.1. The molecule has 0 spiro atoms. The van der Waals surface area contributed by atoms with Gasteiger partial charge in [0.15, 0.2) is 0 Å². The van der Waals surface area contributed by atoms with Gasteiger partial charge in [-0.25, -0.2) is 13.1 Å². The molecular weight excluding hydrogens is 354 g/mol. The van der Waals surface area contributed by atoms with Crippen molar-refractivity contribution in [2.24, 2.45) is 0 Å². The highest BCUT2D eigenvalue weighted by Gasteiger charge is 2.13. The van der Waals surface area contributed by atoms with E-state index in [0.29, 0.717) is 10.8 Å². The van der Waals surface area contributed by atoms with Crippen LogP contribution < -0.4 is 9.46 Å². The molecule has 0 aliphatic heterocycles. The Morgan fingerprint density at radius 3 is 2.48 bits per heavy atom. The van der Waals surface area contributed by atoms with Crippen LogP contribution >= 0.6 is 23.4 Å². The molecular formula is C16H18ClNO3S2. The molecule has 2 aromatic carbocycles. The number of sulfonamides is 1. The molecule has 4 nitrogen and oxygen atoms in total. The molecule has 1 N–H and O–H groups in total. The Bertz CT molecular complexity index is 761. The molecule has 23 heavy (non-hydrogen) atoms. The number of hydrogen-bond donors (Lipinski definition) is 1. The number of thioether (sulfide) groups is 1. The van der Waals surface area contributed by atoms with Crippen molar-refractivity contribution < 1.29 is 13.2 Å². The minimum Gasteiger partial charge on any atom is -0.492 e. The zero-order valence-electron chi connectivity index (χ0n) is 12.9. The van der Waals surface area contributed by atoms with Crippen LogP contribution in [0.2, 0.25) is 5.02 Å². The van der Waals surface area contributed by atoms with Crippen LogP contribution in [0.25, 0.3) is 0 Å². The summed E-state index contributed by atoms with van der Waals surface area (Å²) >= 11 is 7.57. The van der Waals surface area contributed by atoms with Crippen LogP contribution in [-0.4, -0.2) is 27.8 Å². The maximum Gasteiger partial charge on any atom is 0.240 e. The molecule has 0 radical (unpaired) electrons. The Morgan fingerprint density at radius 1 is 1.17 bits per heavy atom. The van der Waals surface area contributed by atoms with Gasteiger partial charge in [0.2, 0.25) is 10.0 Å². The molecule has 2 aromatic rings.